The van der Waals surface area contributed by atoms with Crippen molar-refractivity contribution in [1.82, 2.24) is 0 Å². The van der Waals surface area contributed by atoms with Gasteiger partial charge in [0.05, 0.1) is 11.9 Å². The molecule has 6 rings (SSSR count). The molecule has 0 aromatic heterocycles. The molecule has 2 aromatic carbocycles. The lowest BCUT2D eigenvalue weighted by atomic mass is 9.48. The van der Waals surface area contributed by atoms with Gasteiger partial charge in [0, 0.05) is 10.2 Å². The van der Waals surface area contributed by atoms with Crippen LogP contribution in [0, 0.1) is 24.7 Å². The summed E-state index contributed by atoms with van der Waals surface area (Å²) in [5.74, 6) is 2.20. The van der Waals surface area contributed by atoms with Crippen molar-refractivity contribution in [3.63, 3.8) is 0 Å². The molecular formula is C26H31BrN2O3S. The Morgan fingerprint density at radius 1 is 1.03 bits per heavy atom. The summed E-state index contributed by atoms with van der Waals surface area (Å²) in [7, 11) is -3.61. The maximum atomic E-state index is 12.7. The van der Waals surface area contributed by atoms with Crippen molar-refractivity contribution < 1.29 is 13.2 Å². The molecule has 4 aliphatic rings. The number of hydrogen-bond donors (Lipinski definition) is 1. The first-order valence-electron chi connectivity index (χ1n) is 11.8. The fourth-order valence-corrected chi connectivity index (χ4v) is 8.00. The van der Waals surface area contributed by atoms with E-state index < -0.39 is 10.0 Å². The van der Waals surface area contributed by atoms with Crippen LogP contribution in [0.4, 0.5) is 11.4 Å². The molecule has 2 aromatic rings. The van der Waals surface area contributed by atoms with Crippen molar-refractivity contribution >= 4 is 43.2 Å². The van der Waals surface area contributed by atoms with E-state index in [1.165, 1.54) is 48.4 Å². The molecule has 0 unspecified atom stereocenters. The highest BCUT2D eigenvalue weighted by atomic mass is 79.9. The third-order valence-electron chi connectivity index (χ3n) is 7.94. The molecule has 0 atom stereocenters. The highest BCUT2D eigenvalue weighted by Crippen LogP contribution is 2.60. The number of hydrogen-bond acceptors (Lipinski definition) is 3. The number of carbonyl (C=O) groups excluding carboxylic acids is 1. The zero-order chi connectivity index (χ0) is 23.4. The average Bonchev–Trinajstić information content (AvgIpc) is 2.73. The third kappa shape index (κ3) is 4.59. The summed E-state index contributed by atoms with van der Waals surface area (Å²) in [5.41, 5.74) is 3.78. The summed E-state index contributed by atoms with van der Waals surface area (Å²) in [6.45, 7) is 1.68. The van der Waals surface area contributed by atoms with Gasteiger partial charge in [-0.15, -0.1) is 0 Å². The largest absolute Gasteiger partial charge is 0.325 e. The van der Waals surface area contributed by atoms with Gasteiger partial charge in [-0.05, 0) is 110 Å². The van der Waals surface area contributed by atoms with Crippen LogP contribution in [0.15, 0.2) is 46.9 Å². The van der Waals surface area contributed by atoms with Crippen molar-refractivity contribution in [2.45, 2.75) is 50.9 Å². The molecule has 4 saturated carbocycles. The van der Waals surface area contributed by atoms with E-state index in [-0.39, 0.29) is 17.9 Å². The molecular weight excluding hydrogens is 500 g/mol. The van der Waals surface area contributed by atoms with Crippen LogP contribution in [0.25, 0.3) is 0 Å². The Morgan fingerprint density at radius 2 is 1.61 bits per heavy atom. The predicted octanol–water partition coefficient (Wildman–Crippen LogP) is 5.63. The number of aryl methyl sites for hydroxylation is 1. The van der Waals surface area contributed by atoms with Crippen molar-refractivity contribution in [2.75, 3.05) is 22.4 Å². The lowest BCUT2D eigenvalue weighted by Gasteiger charge is -2.57. The van der Waals surface area contributed by atoms with Crippen LogP contribution >= 0.6 is 15.9 Å². The van der Waals surface area contributed by atoms with Crippen LogP contribution in [-0.2, 0) is 20.2 Å². The number of benzene rings is 2. The summed E-state index contributed by atoms with van der Waals surface area (Å²) in [6, 6.07) is 13.5. The molecule has 4 fully saturated rings. The van der Waals surface area contributed by atoms with Gasteiger partial charge < -0.3 is 5.32 Å². The fraction of sp³-hybridized carbons (Fsp3) is 0.500. The molecule has 7 heteroatoms. The van der Waals surface area contributed by atoms with Crippen molar-refractivity contribution in [2.24, 2.45) is 17.8 Å². The lowest BCUT2D eigenvalue weighted by molar-refractivity contribution is -0.114. The predicted molar refractivity (Wildman–Crippen MR) is 136 cm³/mol. The number of sulfonamides is 1. The molecule has 33 heavy (non-hydrogen) atoms. The Labute approximate surface area is 205 Å². The van der Waals surface area contributed by atoms with Crippen LogP contribution in [-0.4, -0.2) is 27.1 Å². The van der Waals surface area contributed by atoms with E-state index in [0.29, 0.717) is 11.4 Å². The first-order valence-corrected chi connectivity index (χ1v) is 14.4. The van der Waals surface area contributed by atoms with Gasteiger partial charge in [0.25, 0.3) is 0 Å². The molecule has 0 aliphatic heterocycles. The molecule has 5 nitrogen and oxygen atoms in total. The van der Waals surface area contributed by atoms with Crippen LogP contribution in [0.2, 0.25) is 0 Å². The Morgan fingerprint density at radius 3 is 2.12 bits per heavy atom. The minimum atomic E-state index is -3.61. The van der Waals surface area contributed by atoms with Gasteiger partial charge in [0.2, 0.25) is 15.9 Å². The zero-order valence-electron chi connectivity index (χ0n) is 19.2. The quantitative estimate of drug-likeness (QED) is 0.526. The molecule has 4 bridgehead atoms. The van der Waals surface area contributed by atoms with Crippen molar-refractivity contribution in [1.29, 1.82) is 0 Å². The number of nitrogens with zero attached hydrogens (tertiary/aromatic N) is 1. The first kappa shape index (κ1) is 22.9. The highest BCUT2D eigenvalue weighted by molar-refractivity contribution is 9.10. The molecule has 4 aliphatic carbocycles. The summed E-state index contributed by atoms with van der Waals surface area (Å²) in [5, 5.41) is 2.82. The second kappa shape index (κ2) is 8.42. The molecule has 176 valence electrons. The van der Waals surface area contributed by atoms with Gasteiger partial charge in [-0.1, -0.05) is 28.1 Å². The number of carbonyl (C=O) groups is 1. The minimum Gasteiger partial charge on any atom is -0.325 e. The highest BCUT2D eigenvalue weighted by Gasteiger charge is 2.51. The summed E-state index contributed by atoms with van der Waals surface area (Å²) in [4.78, 5) is 12.7. The van der Waals surface area contributed by atoms with E-state index in [0.717, 1.165) is 34.0 Å². The van der Waals surface area contributed by atoms with Crippen LogP contribution in [0.1, 0.15) is 49.7 Å². The van der Waals surface area contributed by atoms with E-state index in [9.17, 15) is 13.2 Å². The van der Waals surface area contributed by atoms with Crippen molar-refractivity contribution in [3.05, 3.63) is 58.1 Å². The number of halogens is 1. The molecule has 1 amide bonds. The van der Waals surface area contributed by atoms with Crippen LogP contribution in [0.5, 0.6) is 0 Å². The zero-order valence-corrected chi connectivity index (χ0v) is 21.6. The van der Waals surface area contributed by atoms with E-state index in [1.807, 2.05) is 31.2 Å². The van der Waals surface area contributed by atoms with E-state index >= 15 is 0 Å². The maximum absolute atomic E-state index is 12.7. The third-order valence-corrected chi connectivity index (χ3v) is 9.97. The molecule has 0 spiro atoms. The Kier molecular flexibility index (Phi) is 5.84. The lowest BCUT2D eigenvalue weighted by Crippen LogP contribution is -2.48. The number of rotatable bonds is 6. The molecule has 1 N–H and O–H groups in total. The Bertz CT molecular complexity index is 1140. The number of amides is 1. The molecule has 0 saturated heterocycles. The first-order chi connectivity index (χ1) is 15.6. The van der Waals surface area contributed by atoms with Gasteiger partial charge in [-0.25, -0.2) is 8.42 Å². The standard InChI is InChI=1S/C26H31BrN2O3S/c1-17-9-22(5-8-24(17)27)28-25(30)16-29(33(2,31)32)23-6-3-21(4-7-23)26-13-18-10-19(14-26)12-20(11-18)15-26/h3-9,18-20H,10-16H2,1-2H3,(H,28,30). The second-order valence-corrected chi connectivity index (χ2v) is 13.3. The molecule has 0 radical (unpaired) electrons. The summed E-state index contributed by atoms with van der Waals surface area (Å²) < 4.78 is 27.3. The van der Waals surface area contributed by atoms with E-state index in [1.54, 1.807) is 6.07 Å². The second-order valence-electron chi connectivity index (χ2n) is 10.5. The summed E-state index contributed by atoms with van der Waals surface area (Å²) in [6.07, 6.45) is 9.14. The van der Waals surface area contributed by atoms with Gasteiger partial charge in [0.15, 0.2) is 0 Å². The number of anilines is 2. The summed E-state index contributed by atoms with van der Waals surface area (Å²) >= 11 is 3.45. The smallest absolute Gasteiger partial charge is 0.245 e. The molecule has 0 heterocycles. The Hall–Kier alpha value is -1.86. The van der Waals surface area contributed by atoms with Gasteiger partial charge >= 0.3 is 0 Å². The maximum Gasteiger partial charge on any atom is 0.245 e. The normalized spacial score (nSPS) is 28.0. The van der Waals surface area contributed by atoms with E-state index in [2.05, 4.69) is 33.4 Å². The monoisotopic (exact) mass is 530 g/mol. The fourth-order valence-electron chi connectivity index (χ4n) is 6.90. The Balaban J connectivity index is 1.34. The minimum absolute atomic E-state index is 0.259. The van der Waals surface area contributed by atoms with Crippen LogP contribution in [0.3, 0.4) is 0 Å². The van der Waals surface area contributed by atoms with Crippen LogP contribution < -0.4 is 9.62 Å². The van der Waals surface area contributed by atoms with Gasteiger partial charge in [-0.2, -0.15) is 0 Å². The SMILES string of the molecule is Cc1cc(NC(=O)CN(c2ccc(C34CC5CC(CC(C5)C3)C4)cc2)S(C)(=O)=O)ccc1Br. The van der Waals surface area contributed by atoms with Crippen molar-refractivity contribution in [3.8, 4) is 0 Å². The average molecular weight is 532 g/mol. The van der Waals surface area contributed by atoms with Gasteiger partial charge in [0.1, 0.15) is 6.54 Å². The van der Waals surface area contributed by atoms with E-state index in [4.69, 9.17) is 0 Å². The van der Waals surface area contributed by atoms with Gasteiger partial charge in [-0.3, -0.25) is 9.10 Å². The number of nitrogens with one attached hydrogen (secondary N) is 1. The topological polar surface area (TPSA) is 66.5 Å².